The van der Waals surface area contributed by atoms with Gasteiger partial charge in [0, 0.05) is 13.2 Å². The van der Waals surface area contributed by atoms with Gasteiger partial charge in [-0.2, -0.15) is 5.10 Å². The van der Waals surface area contributed by atoms with Crippen molar-refractivity contribution in [3.8, 4) is 10.6 Å². The van der Waals surface area contributed by atoms with E-state index in [4.69, 9.17) is 5.73 Å². The topological polar surface area (TPSA) is 69.6 Å². The van der Waals surface area contributed by atoms with Crippen molar-refractivity contribution in [2.75, 3.05) is 5.73 Å². The normalized spacial score (nSPS) is 11.2. The van der Waals surface area contributed by atoms with Crippen molar-refractivity contribution >= 4 is 16.5 Å². The lowest BCUT2D eigenvalue weighted by Gasteiger charge is -1.94. The van der Waals surface area contributed by atoms with Crippen molar-refractivity contribution in [2.24, 2.45) is 7.05 Å². The number of rotatable bonds is 2. The zero-order valence-electron chi connectivity index (χ0n) is 7.69. The summed E-state index contributed by atoms with van der Waals surface area (Å²) in [5.74, 6) is 0. The van der Waals surface area contributed by atoms with E-state index in [0.717, 1.165) is 11.3 Å². The fourth-order valence-electron chi connectivity index (χ4n) is 1.18. The highest BCUT2D eigenvalue weighted by molar-refractivity contribution is 7.18. The summed E-state index contributed by atoms with van der Waals surface area (Å²) in [6, 6.07) is 0. The molecule has 0 aliphatic carbocycles. The van der Waals surface area contributed by atoms with Crippen LogP contribution in [0.5, 0.6) is 0 Å². The Morgan fingerprint density at radius 3 is 2.73 bits per heavy atom. The number of nitrogen functional groups attached to an aromatic ring is 1. The molecule has 0 aliphatic heterocycles. The maximum atomic E-state index is 12.6. The van der Waals surface area contributed by atoms with Gasteiger partial charge in [-0.3, -0.25) is 4.68 Å². The number of alkyl halides is 2. The van der Waals surface area contributed by atoms with Gasteiger partial charge in [-0.25, -0.2) is 8.78 Å². The van der Waals surface area contributed by atoms with E-state index in [9.17, 15) is 8.78 Å². The van der Waals surface area contributed by atoms with Gasteiger partial charge in [-0.1, -0.05) is 11.3 Å². The fraction of sp³-hybridized carbons (Fsp3) is 0.286. The summed E-state index contributed by atoms with van der Waals surface area (Å²) in [5.41, 5.74) is 5.36. The van der Waals surface area contributed by atoms with E-state index in [1.165, 1.54) is 10.9 Å². The standard InChI is InChI=1S/C7H7F2N5S/c1-14-2-3(4(13-14)5(8)9)6-11-12-7(10)15-6/h2,5H,1H3,(H2,10,12). The van der Waals surface area contributed by atoms with Crippen LogP contribution in [0.25, 0.3) is 10.6 Å². The minimum Gasteiger partial charge on any atom is -0.374 e. The summed E-state index contributed by atoms with van der Waals surface area (Å²) in [7, 11) is 1.57. The van der Waals surface area contributed by atoms with Crippen LogP contribution >= 0.6 is 11.3 Å². The van der Waals surface area contributed by atoms with Gasteiger partial charge >= 0.3 is 0 Å². The molecule has 0 fully saturated rings. The molecule has 0 aliphatic rings. The second-order valence-electron chi connectivity index (χ2n) is 2.85. The molecule has 2 aromatic heterocycles. The Kier molecular flexibility index (Phi) is 2.35. The van der Waals surface area contributed by atoms with E-state index in [0.29, 0.717) is 5.01 Å². The molecule has 2 aromatic rings. The number of nitrogens with zero attached hydrogens (tertiary/aromatic N) is 4. The highest BCUT2D eigenvalue weighted by Gasteiger charge is 2.21. The summed E-state index contributed by atoms with van der Waals surface area (Å²) in [6.07, 6.45) is -1.16. The van der Waals surface area contributed by atoms with Crippen LogP contribution < -0.4 is 5.73 Å². The Hall–Kier alpha value is -1.57. The van der Waals surface area contributed by atoms with Crippen LogP contribution in [0.4, 0.5) is 13.9 Å². The van der Waals surface area contributed by atoms with E-state index in [1.54, 1.807) is 7.05 Å². The maximum absolute atomic E-state index is 12.6. The lowest BCUT2D eigenvalue weighted by Crippen LogP contribution is -1.91. The minimum absolute atomic E-state index is 0.245. The molecule has 2 rings (SSSR count). The minimum atomic E-state index is -2.63. The molecule has 0 atom stereocenters. The van der Waals surface area contributed by atoms with Crippen molar-refractivity contribution in [1.82, 2.24) is 20.0 Å². The first-order valence-electron chi connectivity index (χ1n) is 3.99. The van der Waals surface area contributed by atoms with Gasteiger partial charge in [0.05, 0.1) is 5.56 Å². The predicted molar refractivity (Wildman–Crippen MR) is 51.5 cm³/mol. The second kappa shape index (κ2) is 3.54. The van der Waals surface area contributed by atoms with Gasteiger partial charge in [0.1, 0.15) is 5.69 Å². The monoisotopic (exact) mass is 231 g/mol. The summed E-state index contributed by atoms with van der Waals surface area (Å²) in [6.45, 7) is 0. The van der Waals surface area contributed by atoms with Crippen LogP contribution in [-0.2, 0) is 7.05 Å². The molecule has 2 heterocycles. The smallest absolute Gasteiger partial charge is 0.282 e. The average molecular weight is 231 g/mol. The van der Waals surface area contributed by atoms with Crippen LogP contribution in [-0.4, -0.2) is 20.0 Å². The molecule has 0 aromatic carbocycles. The fourth-order valence-corrected chi connectivity index (χ4v) is 1.80. The van der Waals surface area contributed by atoms with Crippen molar-refractivity contribution in [3.05, 3.63) is 11.9 Å². The third-order valence-corrected chi connectivity index (χ3v) is 2.52. The second-order valence-corrected chi connectivity index (χ2v) is 3.86. The molecule has 0 saturated heterocycles. The van der Waals surface area contributed by atoms with E-state index in [-0.39, 0.29) is 16.4 Å². The number of aromatic nitrogens is 4. The molecule has 0 unspecified atom stereocenters. The van der Waals surface area contributed by atoms with Crippen molar-refractivity contribution in [3.63, 3.8) is 0 Å². The third kappa shape index (κ3) is 1.80. The number of hydrogen-bond donors (Lipinski definition) is 1. The molecular formula is C7H7F2N5S. The van der Waals surface area contributed by atoms with Gasteiger partial charge in [0.15, 0.2) is 5.01 Å². The maximum Gasteiger partial charge on any atom is 0.282 e. The lowest BCUT2D eigenvalue weighted by molar-refractivity contribution is 0.146. The Morgan fingerprint density at radius 2 is 2.20 bits per heavy atom. The lowest BCUT2D eigenvalue weighted by atomic mass is 10.3. The Morgan fingerprint density at radius 1 is 1.47 bits per heavy atom. The average Bonchev–Trinajstić information content (AvgIpc) is 2.71. The van der Waals surface area contributed by atoms with Gasteiger partial charge in [0.2, 0.25) is 5.13 Å². The molecule has 0 saturated carbocycles. The Bertz CT molecular complexity index is 477. The summed E-state index contributed by atoms with van der Waals surface area (Å²) < 4.78 is 26.5. The third-order valence-electron chi connectivity index (χ3n) is 1.74. The molecule has 0 spiro atoms. The number of hydrogen-bond acceptors (Lipinski definition) is 5. The molecule has 15 heavy (non-hydrogen) atoms. The van der Waals surface area contributed by atoms with Gasteiger partial charge in [0.25, 0.3) is 6.43 Å². The van der Waals surface area contributed by atoms with E-state index >= 15 is 0 Å². The SMILES string of the molecule is Cn1cc(-c2nnc(N)s2)c(C(F)F)n1. The summed E-state index contributed by atoms with van der Waals surface area (Å²) >= 11 is 1.05. The molecule has 0 bridgehead atoms. The van der Waals surface area contributed by atoms with Crippen LogP contribution in [0.3, 0.4) is 0 Å². The summed E-state index contributed by atoms with van der Waals surface area (Å²) in [5, 5.41) is 11.5. The van der Waals surface area contributed by atoms with Gasteiger partial charge in [-0.15, -0.1) is 10.2 Å². The Labute approximate surface area is 87.5 Å². The number of aryl methyl sites for hydroxylation is 1. The van der Waals surface area contributed by atoms with Crippen LogP contribution in [0.15, 0.2) is 6.20 Å². The van der Waals surface area contributed by atoms with E-state index < -0.39 is 6.43 Å². The quantitative estimate of drug-likeness (QED) is 0.849. The van der Waals surface area contributed by atoms with E-state index in [1.807, 2.05) is 0 Å². The van der Waals surface area contributed by atoms with Crippen LogP contribution in [0.1, 0.15) is 12.1 Å². The van der Waals surface area contributed by atoms with Crippen molar-refractivity contribution in [1.29, 1.82) is 0 Å². The molecular weight excluding hydrogens is 224 g/mol. The Balaban J connectivity index is 2.52. The molecule has 2 N–H and O–H groups in total. The number of halogens is 2. The first kappa shape index (κ1) is 9.97. The highest BCUT2D eigenvalue weighted by atomic mass is 32.1. The zero-order chi connectivity index (χ0) is 11.0. The molecule has 0 radical (unpaired) electrons. The van der Waals surface area contributed by atoms with Crippen LogP contribution in [0, 0.1) is 0 Å². The predicted octanol–water partition coefficient (Wildman–Crippen LogP) is 1.46. The highest BCUT2D eigenvalue weighted by Crippen LogP contribution is 2.32. The molecule has 80 valence electrons. The first-order valence-corrected chi connectivity index (χ1v) is 4.80. The number of nitrogens with two attached hydrogens (primary N) is 1. The largest absolute Gasteiger partial charge is 0.374 e. The van der Waals surface area contributed by atoms with Gasteiger partial charge < -0.3 is 5.73 Å². The molecule has 5 nitrogen and oxygen atoms in total. The van der Waals surface area contributed by atoms with Gasteiger partial charge in [-0.05, 0) is 0 Å². The zero-order valence-corrected chi connectivity index (χ0v) is 8.50. The summed E-state index contributed by atoms with van der Waals surface area (Å²) in [4.78, 5) is 0. The van der Waals surface area contributed by atoms with Crippen molar-refractivity contribution < 1.29 is 8.78 Å². The number of anilines is 1. The van der Waals surface area contributed by atoms with Crippen LogP contribution in [0.2, 0.25) is 0 Å². The molecule has 8 heteroatoms. The van der Waals surface area contributed by atoms with Crippen molar-refractivity contribution in [2.45, 2.75) is 6.43 Å². The first-order chi connectivity index (χ1) is 7.08. The molecule has 0 amide bonds. The van der Waals surface area contributed by atoms with E-state index in [2.05, 4.69) is 15.3 Å².